The lowest BCUT2D eigenvalue weighted by Gasteiger charge is -2.18. The van der Waals surface area contributed by atoms with Gasteiger partial charge in [0.25, 0.3) is 0 Å². The summed E-state index contributed by atoms with van der Waals surface area (Å²) in [4.78, 5) is 0. The second-order valence-corrected chi connectivity index (χ2v) is 4.48. The monoisotopic (exact) mass is 219 g/mol. The quantitative estimate of drug-likeness (QED) is 0.587. The first-order valence-electron chi connectivity index (χ1n) is 6.28. The van der Waals surface area contributed by atoms with Crippen LogP contribution in [0.3, 0.4) is 0 Å². The molecule has 0 saturated carbocycles. The van der Waals surface area contributed by atoms with Crippen LogP contribution in [0.4, 0.5) is 0 Å². The van der Waals surface area contributed by atoms with Crippen LogP contribution in [0.15, 0.2) is 30.6 Å². The minimum absolute atomic E-state index is 0.856. The van der Waals surface area contributed by atoms with Gasteiger partial charge in [-0.15, -0.1) is 0 Å². The summed E-state index contributed by atoms with van der Waals surface area (Å²) in [6.45, 7) is 3.29. The van der Waals surface area contributed by atoms with E-state index >= 15 is 0 Å². The lowest BCUT2D eigenvalue weighted by molar-refractivity contribution is 0.431. The second kappa shape index (κ2) is 6.48. The normalized spacial score (nSPS) is 20.1. The number of nitrogens with zero attached hydrogens (tertiary/aromatic N) is 2. The van der Waals surface area contributed by atoms with Crippen LogP contribution < -0.4 is 5.32 Å². The van der Waals surface area contributed by atoms with Gasteiger partial charge in [-0.25, -0.2) is 0 Å². The Morgan fingerprint density at radius 3 is 3.12 bits per heavy atom. The summed E-state index contributed by atoms with van der Waals surface area (Å²) in [6.07, 6.45) is 13.5. The van der Waals surface area contributed by atoms with E-state index in [0.717, 1.165) is 25.4 Å². The molecule has 1 atom stereocenters. The van der Waals surface area contributed by atoms with Crippen LogP contribution in [-0.2, 0) is 6.54 Å². The molecule has 0 amide bonds. The molecule has 16 heavy (non-hydrogen) atoms. The van der Waals surface area contributed by atoms with Crippen molar-refractivity contribution < 1.29 is 0 Å². The molecule has 1 aliphatic rings. The predicted octanol–water partition coefficient (Wildman–Crippen LogP) is 2.22. The molecule has 88 valence electrons. The standard InChI is InChI=1S/C13H21N3/c1-2-6-13(7-3-1)12-14-8-4-10-16-11-5-9-15-16/h1-2,5,9,11,13-14H,3-4,6-8,10,12H2. The Bertz CT molecular complexity index is 303. The molecule has 0 aromatic carbocycles. The topological polar surface area (TPSA) is 29.9 Å². The number of aromatic nitrogens is 2. The maximum Gasteiger partial charge on any atom is 0.0489 e. The smallest absolute Gasteiger partial charge is 0.0489 e. The molecule has 1 aromatic rings. The Hall–Kier alpha value is -1.09. The SMILES string of the molecule is C1=CCC(CNCCCn2cccn2)CC1. The Morgan fingerprint density at radius 2 is 2.38 bits per heavy atom. The highest BCUT2D eigenvalue weighted by atomic mass is 15.3. The molecule has 2 rings (SSSR count). The van der Waals surface area contributed by atoms with E-state index in [1.165, 1.54) is 25.8 Å². The summed E-state index contributed by atoms with van der Waals surface area (Å²) in [5.41, 5.74) is 0. The average Bonchev–Trinajstić information content (AvgIpc) is 2.83. The van der Waals surface area contributed by atoms with Crippen molar-refractivity contribution in [2.45, 2.75) is 32.2 Å². The molecular weight excluding hydrogens is 198 g/mol. The molecule has 0 saturated heterocycles. The summed E-state index contributed by atoms with van der Waals surface area (Å²) in [5.74, 6) is 0.856. The lowest BCUT2D eigenvalue weighted by Crippen LogP contribution is -2.25. The van der Waals surface area contributed by atoms with Gasteiger partial charge in [0.1, 0.15) is 0 Å². The number of hydrogen-bond donors (Lipinski definition) is 1. The van der Waals surface area contributed by atoms with Gasteiger partial charge in [0, 0.05) is 18.9 Å². The first-order valence-corrected chi connectivity index (χ1v) is 6.28. The molecule has 1 N–H and O–H groups in total. The van der Waals surface area contributed by atoms with Crippen molar-refractivity contribution in [3.63, 3.8) is 0 Å². The molecule has 0 aliphatic heterocycles. The lowest BCUT2D eigenvalue weighted by atomic mass is 9.94. The van der Waals surface area contributed by atoms with Crippen LogP contribution in [0.5, 0.6) is 0 Å². The largest absolute Gasteiger partial charge is 0.316 e. The van der Waals surface area contributed by atoms with Gasteiger partial charge in [-0.2, -0.15) is 5.10 Å². The van der Waals surface area contributed by atoms with Crippen molar-refractivity contribution in [2.24, 2.45) is 5.92 Å². The molecule has 3 nitrogen and oxygen atoms in total. The van der Waals surface area contributed by atoms with Crippen molar-refractivity contribution in [1.82, 2.24) is 15.1 Å². The molecule has 0 fully saturated rings. The van der Waals surface area contributed by atoms with Crippen molar-refractivity contribution in [3.05, 3.63) is 30.6 Å². The van der Waals surface area contributed by atoms with Gasteiger partial charge >= 0.3 is 0 Å². The van der Waals surface area contributed by atoms with E-state index in [0.29, 0.717) is 0 Å². The number of hydrogen-bond acceptors (Lipinski definition) is 2. The zero-order valence-corrected chi connectivity index (χ0v) is 9.81. The molecule has 0 bridgehead atoms. The predicted molar refractivity (Wildman–Crippen MR) is 66.2 cm³/mol. The maximum absolute atomic E-state index is 4.18. The molecule has 1 aromatic heterocycles. The highest BCUT2D eigenvalue weighted by Gasteiger charge is 2.08. The summed E-state index contributed by atoms with van der Waals surface area (Å²) in [6, 6.07) is 1.97. The van der Waals surface area contributed by atoms with Crippen LogP contribution in [-0.4, -0.2) is 22.9 Å². The van der Waals surface area contributed by atoms with Crippen LogP contribution in [0.25, 0.3) is 0 Å². The van der Waals surface area contributed by atoms with Crippen molar-refractivity contribution in [2.75, 3.05) is 13.1 Å². The highest BCUT2D eigenvalue weighted by molar-refractivity contribution is 4.90. The number of allylic oxidation sites excluding steroid dienone is 2. The van der Waals surface area contributed by atoms with Gasteiger partial charge in [-0.05, 0) is 50.8 Å². The van der Waals surface area contributed by atoms with Gasteiger partial charge in [0.15, 0.2) is 0 Å². The molecule has 1 unspecified atom stereocenters. The van der Waals surface area contributed by atoms with Gasteiger partial charge in [-0.3, -0.25) is 4.68 Å². The van der Waals surface area contributed by atoms with Gasteiger partial charge in [0.05, 0.1) is 0 Å². The molecular formula is C13H21N3. The van der Waals surface area contributed by atoms with Gasteiger partial charge in [0.2, 0.25) is 0 Å². The molecule has 0 spiro atoms. The first-order chi connectivity index (χ1) is 7.95. The summed E-state index contributed by atoms with van der Waals surface area (Å²) in [5, 5.41) is 7.73. The van der Waals surface area contributed by atoms with E-state index in [1.54, 1.807) is 0 Å². The van der Waals surface area contributed by atoms with E-state index in [-0.39, 0.29) is 0 Å². The molecule has 1 aliphatic carbocycles. The van der Waals surface area contributed by atoms with Gasteiger partial charge in [-0.1, -0.05) is 12.2 Å². The molecule has 0 radical (unpaired) electrons. The fraction of sp³-hybridized carbons (Fsp3) is 0.615. The highest BCUT2D eigenvalue weighted by Crippen LogP contribution is 2.16. The second-order valence-electron chi connectivity index (χ2n) is 4.48. The number of aryl methyl sites for hydroxylation is 1. The van der Waals surface area contributed by atoms with E-state index in [2.05, 4.69) is 22.6 Å². The average molecular weight is 219 g/mol. The van der Waals surface area contributed by atoms with Crippen LogP contribution in [0.2, 0.25) is 0 Å². The van der Waals surface area contributed by atoms with E-state index in [4.69, 9.17) is 0 Å². The van der Waals surface area contributed by atoms with Gasteiger partial charge < -0.3 is 5.32 Å². The third-order valence-electron chi connectivity index (χ3n) is 3.11. The summed E-state index contributed by atoms with van der Waals surface area (Å²) in [7, 11) is 0. The Labute approximate surface area is 97.5 Å². The zero-order chi connectivity index (χ0) is 11.1. The first kappa shape index (κ1) is 11.4. The van der Waals surface area contributed by atoms with Crippen LogP contribution in [0, 0.1) is 5.92 Å². The summed E-state index contributed by atoms with van der Waals surface area (Å²) >= 11 is 0. The minimum Gasteiger partial charge on any atom is -0.316 e. The third kappa shape index (κ3) is 3.81. The number of rotatable bonds is 6. The van der Waals surface area contributed by atoms with E-state index in [9.17, 15) is 0 Å². The minimum atomic E-state index is 0.856. The van der Waals surface area contributed by atoms with Crippen LogP contribution >= 0.6 is 0 Å². The fourth-order valence-electron chi connectivity index (χ4n) is 2.15. The van der Waals surface area contributed by atoms with Crippen molar-refractivity contribution in [3.8, 4) is 0 Å². The fourth-order valence-corrected chi connectivity index (χ4v) is 2.15. The van der Waals surface area contributed by atoms with E-state index in [1.807, 2.05) is 23.1 Å². The third-order valence-corrected chi connectivity index (χ3v) is 3.11. The zero-order valence-electron chi connectivity index (χ0n) is 9.81. The van der Waals surface area contributed by atoms with Crippen molar-refractivity contribution >= 4 is 0 Å². The Morgan fingerprint density at radius 1 is 1.38 bits per heavy atom. The molecule has 1 heterocycles. The van der Waals surface area contributed by atoms with Crippen molar-refractivity contribution in [1.29, 1.82) is 0 Å². The summed E-state index contributed by atoms with van der Waals surface area (Å²) < 4.78 is 1.99. The number of nitrogens with one attached hydrogen (secondary N) is 1. The molecule has 3 heteroatoms. The Balaban J connectivity index is 1.50. The Kier molecular flexibility index (Phi) is 4.62. The van der Waals surface area contributed by atoms with E-state index < -0.39 is 0 Å². The van der Waals surface area contributed by atoms with Crippen LogP contribution in [0.1, 0.15) is 25.7 Å². The maximum atomic E-state index is 4.18.